The Hall–Kier alpha value is -2.04. The number of ether oxygens (including phenoxy) is 1. The third-order valence-electron chi connectivity index (χ3n) is 3.76. The lowest BCUT2D eigenvalue weighted by molar-refractivity contribution is -0.189. The highest BCUT2D eigenvalue weighted by Crippen LogP contribution is 2.31. The van der Waals surface area contributed by atoms with E-state index in [4.69, 9.17) is 0 Å². The Morgan fingerprint density at radius 2 is 1.81 bits per heavy atom. The molecular formula is C16H13F3O2. The number of aryl methyl sites for hydroxylation is 2. The molecule has 0 radical (unpaired) electrons. The first-order chi connectivity index (χ1) is 9.95. The summed E-state index contributed by atoms with van der Waals surface area (Å²) in [5.41, 5.74) is 2.56. The second-order valence-electron chi connectivity index (χ2n) is 5.18. The zero-order valence-electron chi connectivity index (χ0n) is 11.2. The molecule has 3 rings (SSSR count). The first kappa shape index (κ1) is 13.9. The van der Waals surface area contributed by atoms with Gasteiger partial charge in [0, 0.05) is 0 Å². The molecule has 0 fully saturated rings. The molecule has 110 valence electrons. The summed E-state index contributed by atoms with van der Waals surface area (Å²) in [6.45, 7) is 0. The molecule has 2 aromatic rings. The van der Waals surface area contributed by atoms with Crippen molar-refractivity contribution in [1.29, 1.82) is 0 Å². The predicted octanol–water partition coefficient (Wildman–Crippen LogP) is 4.19. The highest BCUT2D eigenvalue weighted by Gasteiger charge is 2.41. The van der Waals surface area contributed by atoms with Crippen LogP contribution in [0.5, 0.6) is 5.75 Å². The Bertz CT molecular complexity index is 704. The van der Waals surface area contributed by atoms with Gasteiger partial charge in [-0.1, -0.05) is 18.2 Å². The monoisotopic (exact) mass is 294 g/mol. The van der Waals surface area contributed by atoms with Crippen molar-refractivity contribution >= 4 is 16.7 Å². The van der Waals surface area contributed by atoms with Crippen LogP contribution in [-0.4, -0.2) is 12.1 Å². The fourth-order valence-corrected chi connectivity index (χ4v) is 2.79. The van der Waals surface area contributed by atoms with E-state index in [2.05, 4.69) is 4.74 Å². The van der Waals surface area contributed by atoms with Gasteiger partial charge in [0.15, 0.2) is 0 Å². The fraction of sp³-hybridized carbons (Fsp3) is 0.312. The van der Waals surface area contributed by atoms with E-state index in [9.17, 15) is 18.0 Å². The Balaban J connectivity index is 1.96. The van der Waals surface area contributed by atoms with Crippen molar-refractivity contribution in [1.82, 2.24) is 0 Å². The quantitative estimate of drug-likeness (QED) is 0.582. The minimum atomic E-state index is -4.98. The average Bonchev–Trinajstić information content (AvgIpc) is 2.46. The third-order valence-corrected chi connectivity index (χ3v) is 3.76. The summed E-state index contributed by atoms with van der Waals surface area (Å²) < 4.78 is 41.0. The first-order valence-electron chi connectivity index (χ1n) is 6.79. The minimum absolute atomic E-state index is 0.0828. The molecule has 2 nitrogen and oxygen atoms in total. The summed E-state index contributed by atoms with van der Waals surface area (Å²) in [6, 6.07) is 8.50. The Morgan fingerprint density at radius 1 is 1.05 bits per heavy atom. The number of carbonyl (C=O) groups excluding carboxylic acids is 1. The number of fused-ring (bicyclic) bond motifs is 3. The zero-order valence-corrected chi connectivity index (χ0v) is 11.2. The topological polar surface area (TPSA) is 26.3 Å². The van der Waals surface area contributed by atoms with Crippen molar-refractivity contribution in [2.45, 2.75) is 31.9 Å². The van der Waals surface area contributed by atoms with Crippen LogP contribution in [0.15, 0.2) is 30.3 Å². The van der Waals surface area contributed by atoms with Crippen LogP contribution in [0.25, 0.3) is 10.8 Å². The zero-order chi connectivity index (χ0) is 15.0. The molecule has 0 N–H and O–H groups in total. The smallest absolute Gasteiger partial charge is 0.420 e. The second kappa shape index (κ2) is 5.06. The van der Waals surface area contributed by atoms with E-state index in [1.54, 1.807) is 6.07 Å². The van der Waals surface area contributed by atoms with Crippen molar-refractivity contribution in [3.8, 4) is 5.75 Å². The van der Waals surface area contributed by atoms with Crippen molar-refractivity contribution in [3.05, 3.63) is 41.5 Å². The van der Waals surface area contributed by atoms with Crippen LogP contribution in [0.4, 0.5) is 13.2 Å². The van der Waals surface area contributed by atoms with E-state index in [0.717, 1.165) is 30.0 Å². The Kier molecular flexibility index (Phi) is 3.35. The molecule has 0 spiro atoms. The molecule has 0 saturated heterocycles. The number of esters is 1. The summed E-state index contributed by atoms with van der Waals surface area (Å²) in [6.07, 6.45) is -0.675. The van der Waals surface area contributed by atoms with E-state index in [0.29, 0.717) is 0 Å². The molecule has 1 aliphatic rings. The van der Waals surface area contributed by atoms with Crippen LogP contribution < -0.4 is 4.74 Å². The normalized spacial score (nSPS) is 14.8. The SMILES string of the molecule is O=C(Oc1ccc2c3c(ccc2c1)CCCC3)C(F)(F)F. The van der Waals surface area contributed by atoms with Gasteiger partial charge < -0.3 is 4.74 Å². The number of carbonyl (C=O) groups is 1. The molecule has 1 aliphatic carbocycles. The van der Waals surface area contributed by atoms with Crippen molar-refractivity contribution < 1.29 is 22.7 Å². The van der Waals surface area contributed by atoms with Gasteiger partial charge in [0.1, 0.15) is 5.75 Å². The van der Waals surface area contributed by atoms with E-state index >= 15 is 0 Å². The van der Waals surface area contributed by atoms with Crippen molar-refractivity contribution in [2.24, 2.45) is 0 Å². The molecule has 0 heterocycles. The number of alkyl halides is 3. The lowest BCUT2D eigenvalue weighted by Crippen LogP contribution is -2.27. The highest BCUT2D eigenvalue weighted by molar-refractivity contribution is 5.89. The maximum absolute atomic E-state index is 12.2. The lowest BCUT2D eigenvalue weighted by atomic mass is 9.88. The van der Waals surface area contributed by atoms with E-state index in [1.165, 1.54) is 29.7 Å². The van der Waals surface area contributed by atoms with Gasteiger partial charge in [-0.25, -0.2) is 4.79 Å². The average molecular weight is 294 g/mol. The first-order valence-corrected chi connectivity index (χ1v) is 6.79. The third kappa shape index (κ3) is 2.73. The molecule has 5 heteroatoms. The molecule has 0 saturated carbocycles. The molecule has 0 aliphatic heterocycles. The number of rotatable bonds is 1. The summed E-state index contributed by atoms with van der Waals surface area (Å²) >= 11 is 0. The van der Waals surface area contributed by atoms with Gasteiger partial charge in [0.05, 0.1) is 0 Å². The van der Waals surface area contributed by atoms with Crippen molar-refractivity contribution in [3.63, 3.8) is 0 Å². The van der Waals surface area contributed by atoms with Gasteiger partial charge in [-0.2, -0.15) is 13.2 Å². The molecule has 0 atom stereocenters. The number of hydrogen-bond donors (Lipinski definition) is 0. The lowest BCUT2D eigenvalue weighted by Gasteiger charge is -2.18. The number of hydrogen-bond acceptors (Lipinski definition) is 2. The maximum atomic E-state index is 12.2. The standard InChI is InChI=1S/C16H13F3O2/c17-16(18,19)15(20)21-12-7-8-14-11(9-12)6-5-10-3-1-2-4-13(10)14/h5-9H,1-4H2. The van der Waals surface area contributed by atoms with Crippen LogP contribution in [0.3, 0.4) is 0 Å². The van der Waals surface area contributed by atoms with E-state index in [-0.39, 0.29) is 5.75 Å². The van der Waals surface area contributed by atoms with Gasteiger partial charge in [-0.15, -0.1) is 0 Å². The summed E-state index contributed by atoms with van der Waals surface area (Å²) in [5, 5.41) is 1.82. The molecular weight excluding hydrogens is 281 g/mol. The van der Waals surface area contributed by atoms with Crippen molar-refractivity contribution in [2.75, 3.05) is 0 Å². The maximum Gasteiger partial charge on any atom is 0.491 e. The largest absolute Gasteiger partial charge is 0.491 e. The number of halogens is 3. The minimum Gasteiger partial charge on any atom is -0.420 e. The highest BCUT2D eigenvalue weighted by atomic mass is 19.4. The predicted molar refractivity (Wildman–Crippen MR) is 72.3 cm³/mol. The molecule has 0 aromatic heterocycles. The van der Waals surface area contributed by atoms with Crippen LogP contribution in [0.1, 0.15) is 24.0 Å². The summed E-state index contributed by atoms with van der Waals surface area (Å²) in [4.78, 5) is 10.9. The second-order valence-corrected chi connectivity index (χ2v) is 5.18. The molecule has 21 heavy (non-hydrogen) atoms. The molecule has 0 amide bonds. The van der Waals surface area contributed by atoms with Gasteiger partial charge in [-0.05, 0) is 59.7 Å². The Labute approximate surface area is 119 Å². The van der Waals surface area contributed by atoms with Crippen LogP contribution in [-0.2, 0) is 17.6 Å². The fourth-order valence-electron chi connectivity index (χ4n) is 2.79. The summed E-state index contributed by atoms with van der Waals surface area (Å²) in [5.74, 6) is -2.28. The molecule has 0 unspecified atom stereocenters. The van der Waals surface area contributed by atoms with Gasteiger partial charge in [0.2, 0.25) is 0 Å². The van der Waals surface area contributed by atoms with Gasteiger partial charge >= 0.3 is 12.1 Å². The Morgan fingerprint density at radius 3 is 2.57 bits per heavy atom. The van der Waals surface area contributed by atoms with E-state index < -0.39 is 12.1 Å². The molecule has 2 aromatic carbocycles. The van der Waals surface area contributed by atoms with E-state index in [1.807, 2.05) is 12.1 Å². The number of benzene rings is 2. The van der Waals surface area contributed by atoms with Crippen LogP contribution in [0.2, 0.25) is 0 Å². The van der Waals surface area contributed by atoms with Gasteiger partial charge in [0.25, 0.3) is 0 Å². The van der Waals surface area contributed by atoms with Crippen LogP contribution in [0, 0.1) is 0 Å². The van der Waals surface area contributed by atoms with Gasteiger partial charge in [-0.3, -0.25) is 0 Å². The summed E-state index contributed by atoms with van der Waals surface area (Å²) in [7, 11) is 0. The van der Waals surface area contributed by atoms with Crippen LogP contribution >= 0.6 is 0 Å². The molecule has 0 bridgehead atoms.